The van der Waals surface area contributed by atoms with E-state index in [2.05, 4.69) is 0 Å². The van der Waals surface area contributed by atoms with Gasteiger partial charge in [-0.05, 0) is 19.9 Å². The maximum atomic E-state index is 11.3. The molecule has 2 aliphatic rings. The fourth-order valence-corrected chi connectivity index (χ4v) is 1.84. The van der Waals surface area contributed by atoms with E-state index in [-0.39, 0.29) is 23.8 Å². The fraction of sp³-hybridized carbons (Fsp3) is 0.667. The van der Waals surface area contributed by atoms with Gasteiger partial charge in [-0.3, -0.25) is 4.90 Å². The van der Waals surface area contributed by atoms with E-state index >= 15 is 0 Å². The lowest BCUT2D eigenvalue weighted by Crippen LogP contribution is -2.51. The molecule has 0 aliphatic carbocycles. The molecule has 4 nitrogen and oxygen atoms in total. The molecular formula is C9H13NO3. The highest BCUT2D eigenvalue weighted by molar-refractivity contribution is 5.72. The Morgan fingerprint density at radius 3 is 2.92 bits per heavy atom. The summed E-state index contributed by atoms with van der Waals surface area (Å²) in [5.74, 6) is 0. The van der Waals surface area contributed by atoms with Crippen LogP contribution in [0.2, 0.25) is 0 Å². The van der Waals surface area contributed by atoms with Gasteiger partial charge in [0.05, 0.1) is 6.26 Å². The second-order valence-corrected chi connectivity index (χ2v) is 3.73. The molecule has 0 N–H and O–H groups in total. The van der Waals surface area contributed by atoms with Crippen LogP contribution in [-0.4, -0.2) is 35.8 Å². The number of amides is 1. The van der Waals surface area contributed by atoms with Crippen molar-refractivity contribution in [2.24, 2.45) is 0 Å². The number of fused-ring (bicyclic) bond motifs is 1. The minimum Gasteiger partial charge on any atom is -0.495 e. The Balaban J connectivity index is 2.39. The molecule has 72 valence electrons. The van der Waals surface area contributed by atoms with E-state index in [1.807, 2.05) is 19.9 Å². The summed E-state index contributed by atoms with van der Waals surface area (Å²) in [6.07, 6.45) is 2.94. The van der Waals surface area contributed by atoms with Crippen LogP contribution < -0.4 is 0 Å². The van der Waals surface area contributed by atoms with Gasteiger partial charge in [-0.1, -0.05) is 0 Å². The minimum atomic E-state index is -0.352. The van der Waals surface area contributed by atoms with Crippen LogP contribution in [-0.2, 0) is 9.47 Å². The summed E-state index contributed by atoms with van der Waals surface area (Å²) in [5.41, 5.74) is -0.352. The molecule has 0 saturated carbocycles. The van der Waals surface area contributed by atoms with Crippen molar-refractivity contribution in [3.8, 4) is 0 Å². The zero-order chi connectivity index (χ0) is 9.64. The third-order valence-electron chi connectivity index (χ3n) is 2.93. The number of ether oxygens (including phenoxy) is 2. The summed E-state index contributed by atoms with van der Waals surface area (Å²) >= 11 is 0. The molecule has 0 aromatic rings. The number of hydrogen-bond acceptors (Lipinski definition) is 3. The van der Waals surface area contributed by atoms with E-state index in [0.29, 0.717) is 0 Å². The number of rotatable bonds is 0. The third kappa shape index (κ3) is 0.944. The first-order valence-corrected chi connectivity index (χ1v) is 4.33. The van der Waals surface area contributed by atoms with Gasteiger partial charge in [0, 0.05) is 7.05 Å². The highest BCUT2D eigenvalue weighted by Crippen LogP contribution is 2.35. The van der Waals surface area contributed by atoms with Crippen LogP contribution in [0.5, 0.6) is 0 Å². The van der Waals surface area contributed by atoms with Crippen molar-refractivity contribution in [2.75, 3.05) is 7.05 Å². The molecule has 1 saturated heterocycles. The first kappa shape index (κ1) is 8.41. The SMILES string of the molecule is C[C@@H]1OC=C[C@@]2(C)[C@@H]1OC(=O)N2C. The molecule has 0 aromatic heterocycles. The van der Waals surface area contributed by atoms with E-state index in [1.165, 1.54) is 0 Å². The Labute approximate surface area is 77.1 Å². The number of carbonyl (C=O) groups excluding carboxylic acids is 1. The zero-order valence-corrected chi connectivity index (χ0v) is 7.98. The summed E-state index contributed by atoms with van der Waals surface area (Å²) in [5, 5.41) is 0. The average molecular weight is 183 g/mol. The molecule has 1 fully saturated rings. The second kappa shape index (κ2) is 2.40. The molecule has 2 rings (SSSR count). The van der Waals surface area contributed by atoms with Crippen LogP contribution in [0.25, 0.3) is 0 Å². The number of carbonyl (C=O) groups is 1. The summed E-state index contributed by atoms with van der Waals surface area (Å²) < 4.78 is 10.5. The van der Waals surface area contributed by atoms with Gasteiger partial charge < -0.3 is 9.47 Å². The Hall–Kier alpha value is -1.19. The van der Waals surface area contributed by atoms with Crippen molar-refractivity contribution in [3.63, 3.8) is 0 Å². The monoisotopic (exact) mass is 183 g/mol. The molecule has 0 unspecified atom stereocenters. The molecule has 4 heteroatoms. The predicted molar refractivity (Wildman–Crippen MR) is 46.1 cm³/mol. The van der Waals surface area contributed by atoms with Gasteiger partial charge in [-0.15, -0.1) is 0 Å². The van der Waals surface area contributed by atoms with Crippen molar-refractivity contribution in [2.45, 2.75) is 31.6 Å². The first-order chi connectivity index (χ1) is 6.05. The van der Waals surface area contributed by atoms with Crippen LogP contribution in [0.1, 0.15) is 13.8 Å². The van der Waals surface area contributed by atoms with Crippen LogP contribution in [0.15, 0.2) is 12.3 Å². The Morgan fingerprint density at radius 2 is 2.31 bits per heavy atom. The molecule has 0 radical (unpaired) electrons. The van der Waals surface area contributed by atoms with Gasteiger partial charge in [0.25, 0.3) is 0 Å². The molecule has 0 aromatic carbocycles. The quantitative estimate of drug-likeness (QED) is 0.565. The first-order valence-electron chi connectivity index (χ1n) is 4.33. The third-order valence-corrected chi connectivity index (χ3v) is 2.93. The summed E-state index contributed by atoms with van der Waals surface area (Å²) in [4.78, 5) is 12.9. The molecule has 0 bridgehead atoms. The summed E-state index contributed by atoms with van der Waals surface area (Å²) in [6, 6.07) is 0. The number of likely N-dealkylation sites (N-methyl/N-ethyl adjacent to an activating group) is 1. The lowest BCUT2D eigenvalue weighted by molar-refractivity contribution is -0.00984. The second-order valence-electron chi connectivity index (χ2n) is 3.73. The van der Waals surface area contributed by atoms with Crippen molar-refractivity contribution < 1.29 is 14.3 Å². The molecule has 1 amide bonds. The minimum absolute atomic E-state index is 0.0797. The van der Waals surface area contributed by atoms with Gasteiger partial charge in [-0.25, -0.2) is 4.79 Å². The molecular weight excluding hydrogens is 170 g/mol. The van der Waals surface area contributed by atoms with E-state index in [4.69, 9.17) is 9.47 Å². The van der Waals surface area contributed by atoms with E-state index in [1.54, 1.807) is 18.2 Å². The molecule has 0 spiro atoms. The largest absolute Gasteiger partial charge is 0.495 e. The van der Waals surface area contributed by atoms with Gasteiger partial charge >= 0.3 is 6.09 Å². The van der Waals surface area contributed by atoms with Crippen LogP contribution in [0.4, 0.5) is 4.79 Å². The van der Waals surface area contributed by atoms with Crippen molar-refractivity contribution in [1.82, 2.24) is 4.90 Å². The normalized spacial score (nSPS) is 42.7. The molecule has 2 heterocycles. The maximum absolute atomic E-state index is 11.3. The summed E-state index contributed by atoms with van der Waals surface area (Å²) in [6.45, 7) is 3.87. The number of hydrogen-bond donors (Lipinski definition) is 0. The molecule has 13 heavy (non-hydrogen) atoms. The Morgan fingerprint density at radius 1 is 1.62 bits per heavy atom. The van der Waals surface area contributed by atoms with Crippen molar-refractivity contribution >= 4 is 6.09 Å². The maximum Gasteiger partial charge on any atom is 0.410 e. The smallest absolute Gasteiger partial charge is 0.410 e. The predicted octanol–water partition coefficient (Wildman–Crippen LogP) is 1.13. The van der Waals surface area contributed by atoms with Crippen LogP contribution in [0.3, 0.4) is 0 Å². The standard InChI is InChI=1S/C9H13NO3/c1-6-7-9(2,4-5-12-6)10(3)8(11)13-7/h4-7H,1-3H3/t6-,7+,9-/m0/s1. The highest BCUT2D eigenvalue weighted by atomic mass is 16.6. The molecule has 2 aliphatic heterocycles. The molecule has 3 atom stereocenters. The van der Waals surface area contributed by atoms with Gasteiger partial charge in [0.15, 0.2) is 6.10 Å². The summed E-state index contributed by atoms with van der Waals surface area (Å²) in [7, 11) is 1.74. The van der Waals surface area contributed by atoms with E-state index in [9.17, 15) is 4.79 Å². The van der Waals surface area contributed by atoms with Gasteiger partial charge in [0.2, 0.25) is 0 Å². The van der Waals surface area contributed by atoms with Gasteiger partial charge in [0.1, 0.15) is 11.6 Å². The Bertz CT molecular complexity index is 276. The van der Waals surface area contributed by atoms with Crippen LogP contribution in [0, 0.1) is 0 Å². The topological polar surface area (TPSA) is 38.8 Å². The highest BCUT2D eigenvalue weighted by Gasteiger charge is 2.52. The number of nitrogens with zero attached hydrogens (tertiary/aromatic N) is 1. The van der Waals surface area contributed by atoms with E-state index < -0.39 is 0 Å². The average Bonchev–Trinajstić information content (AvgIpc) is 2.30. The zero-order valence-electron chi connectivity index (χ0n) is 7.98. The van der Waals surface area contributed by atoms with Crippen molar-refractivity contribution in [1.29, 1.82) is 0 Å². The van der Waals surface area contributed by atoms with Crippen molar-refractivity contribution in [3.05, 3.63) is 12.3 Å². The van der Waals surface area contributed by atoms with Gasteiger partial charge in [-0.2, -0.15) is 0 Å². The Kier molecular flexibility index (Phi) is 1.55. The lowest BCUT2D eigenvalue weighted by atomic mass is 9.89. The fourth-order valence-electron chi connectivity index (χ4n) is 1.84. The van der Waals surface area contributed by atoms with E-state index in [0.717, 1.165) is 0 Å². The lowest BCUT2D eigenvalue weighted by Gasteiger charge is -2.36. The van der Waals surface area contributed by atoms with Crippen LogP contribution >= 0.6 is 0 Å².